The van der Waals surface area contributed by atoms with Crippen molar-refractivity contribution < 1.29 is 29.3 Å². The third-order valence-corrected chi connectivity index (χ3v) is 7.51. The van der Waals surface area contributed by atoms with E-state index in [0.717, 1.165) is 66.9 Å². The number of para-hydroxylation sites is 1. The highest BCUT2D eigenvalue weighted by Crippen LogP contribution is 2.31. The predicted molar refractivity (Wildman–Crippen MR) is 145 cm³/mol. The number of fused-ring (bicyclic) bond motifs is 1. The maximum atomic E-state index is 9.10. The lowest BCUT2D eigenvalue weighted by Gasteiger charge is -2.41. The minimum atomic E-state index is -1.82. The number of rotatable bonds is 9. The van der Waals surface area contributed by atoms with Crippen molar-refractivity contribution >= 4 is 50.2 Å². The van der Waals surface area contributed by atoms with Crippen LogP contribution in [0.15, 0.2) is 48.5 Å². The summed E-state index contributed by atoms with van der Waals surface area (Å²) in [7, 11) is 3.98. The minimum Gasteiger partial charge on any atom is -0.494 e. The number of likely N-dealkylation sites (tertiary alicyclic amines) is 1. The molecule has 9 nitrogen and oxygen atoms in total. The molecule has 2 heterocycles. The molecule has 2 aromatic carbocycles. The van der Waals surface area contributed by atoms with E-state index in [1.807, 2.05) is 37.4 Å². The zero-order valence-electron chi connectivity index (χ0n) is 20.9. The monoisotopic (exact) mass is 549 g/mol. The van der Waals surface area contributed by atoms with Crippen molar-refractivity contribution in [3.63, 3.8) is 0 Å². The summed E-state index contributed by atoms with van der Waals surface area (Å²) in [5, 5.41) is 16.6. The van der Waals surface area contributed by atoms with Gasteiger partial charge in [0.05, 0.1) is 29.0 Å². The molecule has 0 aliphatic carbocycles. The average Bonchev–Trinajstić information content (AvgIpc) is 3.34. The number of hydrogen-bond acceptors (Lipinski definition) is 8. The van der Waals surface area contributed by atoms with Crippen LogP contribution in [0, 0.1) is 0 Å². The van der Waals surface area contributed by atoms with Gasteiger partial charge < -0.3 is 29.5 Å². The molecule has 1 saturated heterocycles. The SMILES string of the molecule is CO[C@@H]1CN(CCCCOc2ccc(Cl)cc2)CC[C@@H]1N(C)c1nc2ccccc2s1.O=C(O)C(=O)O. The topological polar surface area (TPSA) is 112 Å². The molecule has 4 rings (SSSR count). The van der Waals surface area contributed by atoms with Gasteiger partial charge in [-0.25, -0.2) is 14.6 Å². The summed E-state index contributed by atoms with van der Waals surface area (Å²) in [6, 6.07) is 16.2. The lowest BCUT2D eigenvalue weighted by Crippen LogP contribution is -2.54. The smallest absolute Gasteiger partial charge is 0.414 e. The van der Waals surface area contributed by atoms with Gasteiger partial charge in [0.2, 0.25) is 0 Å². The van der Waals surface area contributed by atoms with Crippen molar-refractivity contribution in [3.8, 4) is 5.75 Å². The number of methoxy groups -OCH3 is 1. The second-order valence-electron chi connectivity index (χ2n) is 8.63. The van der Waals surface area contributed by atoms with Crippen molar-refractivity contribution in [1.82, 2.24) is 9.88 Å². The van der Waals surface area contributed by atoms with E-state index in [9.17, 15) is 0 Å². The van der Waals surface area contributed by atoms with Crippen molar-refractivity contribution in [2.24, 2.45) is 0 Å². The maximum Gasteiger partial charge on any atom is 0.414 e. The maximum absolute atomic E-state index is 9.10. The highest BCUT2D eigenvalue weighted by Gasteiger charge is 2.33. The van der Waals surface area contributed by atoms with Gasteiger partial charge >= 0.3 is 11.9 Å². The number of carboxylic acids is 2. The standard InChI is InChI=1S/C24H30ClN3O2S.C2H2O4/c1-27(24-26-20-7-3-4-8-23(20)31-24)21-13-15-28(17-22(21)29-2)14-5-6-16-30-19-11-9-18(25)10-12-19;3-1(4)2(5)6/h3-4,7-12,21-22H,5-6,13-17H2,1-2H3;(H,3,4)(H,5,6)/t21-,22+;/m0./s1. The van der Waals surface area contributed by atoms with E-state index in [2.05, 4.69) is 35.0 Å². The van der Waals surface area contributed by atoms with Crippen LogP contribution in [0.1, 0.15) is 19.3 Å². The van der Waals surface area contributed by atoms with Crippen LogP contribution in [0.4, 0.5) is 5.13 Å². The number of halogens is 1. The van der Waals surface area contributed by atoms with Crippen molar-refractivity contribution in [2.45, 2.75) is 31.4 Å². The zero-order chi connectivity index (χ0) is 26.8. The Morgan fingerprint density at radius 3 is 2.49 bits per heavy atom. The number of hydrogen-bond donors (Lipinski definition) is 2. The minimum absolute atomic E-state index is 0.177. The Hall–Kier alpha value is -2.92. The third kappa shape index (κ3) is 8.57. The van der Waals surface area contributed by atoms with E-state index in [1.54, 1.807) is 11.3 Å². The molecule has 0 saturated carbocycles. The van der Waals surface area contributed by atoms with E-state index in [4.69, 9.17) is 45.9 Å². The van der Waals surface area contributed by atoms with Gasteiger partial charge in [0.1, 0.15) is 5.75 Å². The lowest BCUT2D eigenvalue weighted by molar-refractivity contribution is -0.159. The van der Waals surface area contributed by atoms with Gasteiger partial charge in [-0.15, -0.1) is 0 Å². The number of nitrogens with zero attached hydrogens (tertiary/aromatic N) is 3. The van der Waals surface area contributed by atoms with Crippen LogP contribution in [0.2, 0.25) is 5.02 Å². The first-order valence-corrected chi connectivity index (χ1v) is 13.2. The summed E-state index contributed by atoms with van der Waals surface area (Å²) in [5.41, 5.74) is 1.07. The molecule has 1 aliphatic heterocycles. The molecular formula is C26H32ClN3O6S. The summed E-state index contributed by atoms with van der Waals surface area (Å²) < 4.78 is 12.9. The Labute approximate surface area is 225 Å². The number of ether oxygens (including phenoxy) is 2. The zero-order valence-corrected chi connectivity index (χ0v) is 22.5. The van der Waals surface area contributed by atoms with Crippen LogP contribution in [0.25, 0.3) is 10.2 Å². The van der Waals surface area contributed by atoms with E-state index in [-0.39, 0.29) is 6.10 Å². The summed E-state index contributed by atoms with van der Waals surface area (Å²) in [4.78, 5) is 27.9. The number of carboxylic acid groups (broad SMARTS) is 2. The highest BCUT2D eigenvalue weighted by atomic mass is 35.5. The normalized spacial score (nSPS) is 17.6. The van der Waals surface area contributed by atoms with Crippen LogP contribution in [-0.4, -0.2) is 84.6 Å². The van der Waals surface area contributed by atoms with Crippen molar-refractivity contribution in [1.29, 1.82) is 0 Å². The number of thiazole rings is 1. The number of piperidine rings is 1. The number of unbranched alkanes of at least 4 members (excludes halogenated alkanes) is 1. The van der Waals surface area contributed by atoms with E-state index >= 15 is 0 Å². The molecule has 200 valence electrons. The summed E-state index contributed by atoms with van der Waals surface area (Å²) in [5.74, 6) is -2.77. The number of benzene rings is 2. The molecule has 0 amide bonds. The molecule has 2 N–H and O–H groups in total. The molecule has 0 bridgehead atoms. The molecule has 37 heavy (non-hydrogen) atoms. The van der Waals surface area contributed by atoms with Crippen LogP contribution in [0.5, 0.6) is 5.75 Å². The van der Waals surface area contributed by atoms with Gasteiger partial charge in [0.25, 0.3) is 0 Å². The van der Waals surface area contributed by atoms with Gasteiger partial charge in [-0.3, -0.25) is 0 Å². The fourth-order valence-corrected chi connectivity index (χ4v) is 5.27. The summed E-state index contributed by atoms with van der Waals surface area (Å²) in [6.07, 6.45) is 3.40. The Balaban J connectivity index is 0.000000568. The quantitative estimate of drug-likeness (QED) is 0.294. The molecule has 2 atom stereocenters. The fraction of sp³-hybridized carbons (Fsp3) is 0.423. The molecule has 0 spiro atoms. The number of aliphatic carboxylic acids is 2. The molecular weight excluding hydrogens is 518 g/mol. The van der Waals surface area contributed by atoms with Gasteiger partial charge in [0.15, 0.2) is 5.13 Å². The van der Waals surface area contributed by atoms with Gasteiger partial charge in [-0.1, -0.05) is 35.1 Å². The van der Waals surface area contributed by atoms with Crippen LogP contribution >= 0.6 is 22.9 Å². The molecule has 3 aromatic rings. The van der Waals surface area contributed by atoms with Crippen molar-refractivity contribution in [3.05, 3.63) is 53.6 Å². The van der Waals surface area contributed by atoms with Crippen LogP contribution in [-0.2, 0) is 14.3 Å². The number of anilines is 1. The third-order valence-electron chi connectivity index (χ3n) is 6.13. The Kier molecular flexibility index (Phi) is 10.9. The molecule has 0 radical (unpaired) electrons. The second kappa shape index (κ2) is 14.1. The Morgan fingerprint density at radius 2 is 1.84 bits per heavy atom. The van der Waals surface area contributed by atoms with E-state index in [1.165, 1.54) is 4.70 Å². The first-order chi connectivity index (χ1) is 17.8. The molecule has 1 aromatic heterocycles. The average molecular weight is 550 g/mol. The van der Waals surface area contributed by atoms with Gasteiger partial charge in [0, 0.05) is 32.3 Å². The Bertz CT molecular complexity index is 1110. The predicted octanol–water partition coefficient (Wildman–Crippen LogP) is 4.49. The van der Waals surface area contributed by atoms with Crippen LogP contribution in [0.3, 0.4) is 0 Å². The summed E-state index contributed by atoms with van der Waals surface area (Å²) in [6.45, 7) is 3.83. The molecule has 1 aliphatic rings. The largest absolute Gasteiger partial charge is 0.494 e. The van der Waals surface area contributed by atoms with Gasteiger partial charge in [-0.05, 0) is 62.2 Å². The Morgan fingerprint density at radius 1 is 1.14 bits per heavy atom. The first kappa shape index (κ1) is 28.6. The number of likely N-dealkylation sites (N-methyl/N-ethyl adjacent to an activating group) is 1. The van der Waals surface area contributed by atoms with E-state index in [0.29, 0.717) is 6.04 Å². The number of aromatic nitrogens is 1. The lowest BCUT2D eigenvalue weighted by atomic mass is 10.0. The second-order valence-corrected chi connectivity index (χ2v) is 10.1. The molecule has 1 fully saturated rings. The molecule has 11 heteroatoms. The van der Waals surface area contributed by atoms with E-state index < -0.39 is 11.9 Å². The highest BCUT2D eigenvalue weighted by molar-refractivity contribution is 7.22. The van der Waals surface area contributed by atoms with Crippen LogP contribution < -0.4 is 9.64 Å². The first-order valence-electron chi connectivity index (χ1n) is 12.0. The van der Waals surface area contributed by atoms with Crippen molar-refractivity contribution in [2.75, 3.05) is 45.3 Å². The summed E-state index contributed by atoms with van der Waals surface area (Å²) >= 11 is 7.67. The van der Waals surface area contributed by atoms with Gasteiger partial charge in [-0.2, -0.15) is 0 Å². The molecule has 0 unspecified atom stereocenters. The number of carbonyl (C=O) groups is 2. The fourth-order valence-electron chi connectivity index (χ4n) is 4.16.